The molecule has 1 aromatic heterocycles. The molecule has 0 fully saturated rings. The smallest absolute Gasteiger partial charge is 0.262 e. The number of para-hydroxylation sites is 2. The number of nitrogens with zero attached hydrogens (tertiary/aromatic N) is 1. The van der Waals surface area contributed by atoms with Crippen LogP contribution in [0.15, 0.2) is 76.5 Å². The summed E-state index contributed by atoms with van der Waals surface area (Å²) in [6.07, 6.45) is 1.99. The van der Waals surface area contributed by atoms with Gasteiger partial charge in [-0.2, -0.15) is 0 Å². The van der Waals surface area contributed by atoms with Gasteiger partial charge in [-0.3, -0.25) is 4.79 Å². The molecule has 0 saturated carbocycles. The largest absolute Gasteiger partial charge is 0.340 e. The second-order valence-corrected chi connectivity index (χ2v) is 9.33. The van der Waals surface area contributed by atoms with E-state index >= 15 is 0 Å². The van der Waals surface area contributed by atoms with Crippen molar-refractivity contribution >= 4 is 63.5 Å². The number of thioether (sulfide) groups is 1. The molecule has 4 aromatic rings. The minimum atomic E-state index is -0.0827. The maximum Gasteiger partial charge on any atom is 0.262 e. The van der Waals surface area contributed by atoms with E-state index in [0.717, 1.165) is 38.3 Å². The number of anilines is 1. The first-order valence-electron chi connectivity index (χ1n) is 9.83. The second-order valence-electron chi connectivity index (χ2n) is 7.40. The summed E-state index contributed by atoms with van der Waals surface area (Å²) in [5, 5.41) is 5.36. The highest BCUT2D eigenvalue weighted by Gasteiger charge is 2.22. The van der Waals surface area contributed by atoms with Crippen molar-refractivity contribution < 1.29 is 4.79 Å². The van der Waals surface area contributed by atoms with Crippen molar-refractivity contribution in [3.05, 3.63) is 98.5 Å². The Morgan fingerprint density at radius 3 is 2.65 bits per heavy atom. The number of fused-ring (bicyclic) bond motifs is 2. The highest BCUT2D eigenvalue weighted by molar-refractivity contribution is 8.04. The van der Waals surface area contributed by atoms with Crippen LogP contribution in [0.4, 0.5) is 5.69 Å². The molecule has 0 atom stereocenters. The predicted molar refractivity (Wildman–Crippen MR) is 131 cm³/mol. The van der Waals surface area contributed by atoms with Gasteiger partial charge in [0.2, 0.25) is 0 Å². The Hall–Kier alpha value is -2.66. The molecule has 3 nitrogen and oxygen atoms in total. The number of amides is 1. The number of hydrogen-bond donors (Lipinski definition) is 1. The fourth-order valence-electron chi connectivity index (χ4n) is 3.90. The number of carbonyl (C=O) groups is 1. The van der Waals surface area contributed by atoms with Gasteiger partial charge in [0.25, 0.3) is 5.91 Å². The van der Waals surface area contributed by atoms with Crippen molar-refractivity contribution in [3.63, 3.8) is 0 Å². The highest BCUT2D eigenvalue weighted by Crippen LogP contribution is 2.40. The summed E-state index contributed by atoms with van der Waals surface area (Å²) in [6.45, 7) is 2.70. The summed E-state index contributed by atoms with van der Waals surface area (Å²) < 4.78 is 2.23. The minimum absolute atomic E-state index is 0.0827. The van der Waals surface area contributed by atoms with Crippen LogP contribution in [0.3, 0.4) is 0 Å². The Morgan fingerprint density at radius 2 is 1.81 bits per heavy atom. The summed E-state index contributed by atoms with van der Waals surface area (Å²) in [6, 6.07) is 21.7. The van der Waals surface area contributed by atoms with Gasteiger partial charge in [-0.1, -0.05) is 71.4 Å². The van der Waals surface area contributed by atoms with Crippen LogP contribution in [0.2, 0.25) is 10.0 Å². The minimum Gasteiger partial charge on any atom is -0.340 e. The summed E-state index contributed by atoms with van der Waals surface area (Å²) in [4.78, 5) is 14.5. The Balaban J connectivity index is 1.61. The number of nitrogens with one attached hydrogen (secondary N) is 1. The summed E-state index contributed by atoms with van der Waals surface area (Å²) >= 11 is 14.0. The van der Waals surface area contributed by atoms with Gasteiger partial charge in [-0.05, 0) is 48.9 Å². The van der Waals surface area contributed by atoms with E-state index in [-0.39, 0.29) is 5.91 Å². The molecule has 0 bridgehead atoms. The number of hydrogen-bond acceptors (Lipinski definition) is 2. The molecule has 154 valence electrons. The van der Waals surface area contributed by atoms with Crippen LogP contribution in [-0.2, 0) is 11.3 Å². The Labute approximate surface area is 194 Å². The fraction of sp³-hybridized carbons (Fsp3) is 0.0800. The van der Waals surface area contributed by atoms with Crippen molar-refractivity contribution in [2.45, 2.75) is 18.4 Å². The zero-order chi connectivity index (χ0) is 21.5. The van der Waals surface area contributed by atoms with Crippen LogP contribution < -0.4 is 5.32 Å². The SMILES string of the molecule is Cc1c(/C=C2\Sc3ccccc3NC2=O)c2ccccc2n1Cc1ccc(Cl)cc1Cl. The van der Waals surface area contributed by atoms with Gasteiger partial charge < -0.3 is 9.88 Å². The second kappa shape index (κ2) is 8.12. The van der Waals surface area contributed by atoms with Gasteiger partial charge in [0.15, 0.2) is 0 Å². The summed E-state index contributed by atoms with van der Waals surface area (Å²) in [5.41, 5.74) is 5.06. The standard InChI is InChI=1S/C25H18Cl2N2OS/c1-15-19(13-24-25(30)28-21-7-3-5-9-23(21)31-24)18-6-2-4-8-22(18)29(15)14-16-10-11-17(26)12-20(16)27/h2-13H,14H2,1H3,(H,28,30)/b24-13-. The molecule has 0 saturated heterocycles. The van der Waals surface area contributed by atoms with E-state index in [1.54, 1.807) is 6.07 Å². The van der Waals surface area contributed by atoms with Crippen LogP contribution in [0.1, 0.15) is 16.8 Å². The van der Waals surface area contributed by atoms with Gasteiger partial charge in [0.05, 0.1) is 10.6 Å². The molecule has 0 aliphatic carbocycles. The first-order chi connectivity index (χ1) is 15.0. The molecular formula is C25H18Cl2N2OS. The number of rotatable bonds is 3. The molecule has 2 heterocycles. The van der Waals surface area contributed by atoms with Crippen molar-refractivity contribution in [2.75, 3.05) is 5.32 Å². The number of benzene rings is 3. The van der Waals surface area contributed by atoms with Crippen molar-refractivity contribution in [3.8, 4) is 0 Å². The first kappa shape index (κ1) is 20.3. The lowest BCUT2D eigenvalue weighted by Gasteiger charge is -2.18. The van der Waals surface area contributed by atoms with E-state index in [9.17, 15) is 4.79 Å². The van der Waals surface area contributed by atoms with Gasteiger partial charge in [-0.15, -0.1) is 0 Å². The first-order valence-corrected chi connectivity index (χ1v) is 11.4. The molecule has 1 aliphatic heterocycles. The zero-order valence-corrected chi connectivity index (χ0v) is 19.0. The third kappa shape index (κ3) is 3.76. The molecule has 3 aromatic carbocycles. The fourth-order valence-corrected chi connectivity index (χ4v) is 5.30. The third-order valence-corrected chi connectivity index (χ3v) is 7.16. The van der Waals surface area contributed by atoms with Crippen LogP contribution in [0, 0.1) is 6.92 Å². The Kier molecular flexibility index (Phi) is 5.30. The van der Waals surface area contributed by atoms with E-state index < -0.39 is 0 Å². The van der Waals surface area contributed by atoms with Crippen LogP contribution in [-0.4, -0.2) is 10.5 Å². The van der Waals surface area contributed by atoms with E-state index in [4.69, 9.17) is 23.2 Å². The number of aromatic nitrogens is 1. The van der Waals surface area contributed by atoms with Gasteiger partial charge in [0.1, 0.15) is 0 Å². The third-order valence-electron chi connectivity index (χ3n) is 5.48. The molecular weight excluding hydrogens is 447 g/mol. The maximum absolute atomic E-state index is 12.7. The molecule has 0 spiro atoms. The molecule has 31 heavy (non-hydrogen) atoms. The summed E-state index contributed by atoms with van der Waals surface area (Å²) in [7, 11) is 0. The quantitative estimate of drug-likeness (QED) is 0.320. The molecule has 1 N–H and O–H groups in total. The molecule has 0 unspecified atom stereocenters. The number of carbonyl (C=O) groups excluding carboxylic acids is 1. The average Bonchev–Trinajstić information content (AvgIpc) is 3.02. The molecule has 1 aliphatic rings. The lowest BCUT2D eigenvalue weighted by atomic mass is 10.1. The van der Waals surface area contributed by atoms with Gasteiger partial charge in [-0.25, -0.2) is 0 Å². The predicted octanol–water partition coefficient (Wildman–Crippen LogP) is 7.39. The lowest BCUT2D eigenvalue weighted by molar-refractivity contribution is -0.112. The topological polar surface area (TPSA) is 34.0 Å². The monoisotopic (exact) mass is 464 g/mol. The Morgan fingerprint density at radius 1 is 1.03 bits per heavy atom. The van der Waals surface area contributed by atoms with Crippen molar-refractivity contribution in [2.24, 2.45) is 0 Å². The molecule has 6 heteroatoms. The highest BCUT2D eigenvalue weighted by atomic mass is 35.5. The van der Waals surface area contributed by atoms with Crippen LogP contribution in [0.25, 0.3) is 17.0 Å². The molecule has 5 rings (SSSR count). The van der Waals surface area contributed by atoms with Gasteiger partial charge in [0, 0.05) is 43.6 Å². The van der Waals surface area contributed by atoms with Gasteiger partial charge >= 0.3 is 0 Å². The molecule has 1 amide bonds. The van der Waals surface area contributed by atoms with E-state index in [1.807, 2.05) is 54.6 Å². The number of halogens is 2. The summed E-state index contributed by atoms with van der Waals surface area (Å²) in [5.74, 6) is -0.0827. The average molecular weight is 465 g/mol. The Bertz CT molecular complexity index is 1370. The van der Waals surface area contributed by atoms with Crippen molar-refractivity contribution in [1.82, 2.24) is 4.57 Å². The zero-order valence-electron chi connectivity index (χ0n) is 16.7. The van der Waals surface area contributed by atoms with E-state index in [1.165, 1.54) is 11.8 Å². The van der Waals surface area contributed by atoms with Crippen LogP contribution in [0.5, 0.6) is 0 Å². The van der Waals surface area contributed by atoms with E-state index in [0.29, 0.717) is 21.5 Å². The normalized spacial score (nSPS) is 14.7. The van der Waals surface area contributed by atoms with E-state index in [2.05, 4.69) is 28.9 Å². The van der Waals surface area contributed by atoms with Crippen molar-refractivity contribution in [1.29, 1.82) is 0 Å². The molecule has 0 radical (unpaired) electrons. The van der Waals surface area contributed by atoms with Crippen LogP contribution >= 0.6 is 35.0 Å². The maximum atomic E-state index is 12.7. The lowest BCUT2D eigenvalue weighted by Crippen LogP contribution is -2.17.